The Bertz CT molecular complexity index is 184. The van der Waals surface area contributed by atoms with Crippen molar-refractivity contribution >= 4 is 6.16 Å². The summed E-state index contributed by atoms with van der Waals surface area (Å²) in [5.41, 5.74) is 0. The van der Waals surface area contributed by atoms with Gasteiger partial charge in [0.2, 0.25) is 0 Å². The van der Waals surface area contributed by atoms with Crippen LogP contribution in [0.2, 0.25) is 0 Å². The van der Waals surface area contributed by atoms with Crippen LogP contribution < -0.4 is 0 Å². The van der Waals surface area contributed by atoms with Crippen LogP contribution in [0.4, 0.5) is 4.79 Å². The molecular weight excluding hydrogens is 216 g/mol. The molecular formula is C10H18O6. The molecule has 0 radical (unpaired) electrons. The molecule has 0 heterocycles. The van der Waals surface area contributed by atoms with Gasteiger partial charge in [0.05, 0.1) is 19.8 Å². The van der Waals surface area contributed by atoms with Gasteiger partial charge in [-0.1, -0.05) is 12.2 Å². The van der Waals surface area contributed by atoms with E-state index in [0.29, 0.717) is 13.2 Å². The summed E-state index contributed by atoms with van der Waals surface area (Å²) in [5.74, 6) is 0. The zero-order valence-electron chi connectivity index (χ0n) is 9.04. The Labute approximate surface area is 94.4 Å². The van der Waals surface area contributed by atoms with Crippen LogP contribution in [0.1, 0.15) is 0 Å². The van der Waals surface area contributed by atoms with Gasteiger partial charge in [0.1, 0.15) is 12.7 Å². The Balaban J connectivity index is 0. The third-order valence-electron chi connectivity index (χ3n) is 1.08. The lowest BCUT2D eigenvalue weighted by molar-refractivity contribution is 0.0145. The molecule has 3 N–H and O–H groups in total. The SMILES string of the molecule is C=CCOCC=C.O=C(O)OCC(O)CO. The largest absolute Gasteiger partial charge is 0.505 e. The number of aliphatic hydroxyl groups excluding tert-OH is 2. The monoisotopic (exact) mass is 234 g/mol. The van der Waals surface area contributed by atoms with Crippen LogP contribution in [-0.4, -0.2) is 54.0 Å². The highest BCUT2D eigenvalue weighted by Gasteiger charge is 2.03. The van der Waals surface area contributed by atoms with Crippen molar-refractivity contribution in [2.24, 2.45) is 0 Å². The van der Waals surface area contributed by atoms with Gasteiger partial charge in [-0.15, -0.1) is 13.2 Å². The van der Waals surface area contributed by atoms with E-state index < -0.39 is 18.9 Å². The molecule has 1 unspecified atom stereocenters. The van der Waals surface area contributed by atoms with E-state index in [-0.39, 0.29) is 6.61 Å². The predicted octanol–water partition coefficient (Wildman–Crippen LogP) is 0.409. The lowest BCUT2D eigenvalue weighted by atomic mass is 10.4. The molecule has 6 nitrogen and oxygen atoms in total. The van der Waals surface area contributed by atoms with Crippen molar-refractivity contribution in [3.63, 3.8) is 0 Å². The summed E-state index contributed by atoms with van der Waals surface area (Å²) in [4.78, 5) is 9.60. The van der Waals surface area contributed by atoms with Gasteiger partial charge < -0.3 is 24.8 Å². The minimum absolute atomic E-state index is 0.383. The Morgan fingerprint density at radius 3 is 2.12 bits per heavy atom. The first kappa shape index (κ1) is 17.0. The maximum atomic E-state index is 9.60. The Morgan fingerprint density at radius 1 is 1.31 bits per heavy atom. The first-order chi connectivity index (χ1) is 7.58. The van der Waals surface area contributed by atoms with Crippen LogP contribution in [0.15, 0.2) is 25.3 Å². The first-order valence-electron chi connectivity index (χ1n) is 4.52. The predicted molar refractivity (Wildman–Crippen MR) is 58.3 cm³/mol. The molecule has 0 aromatic heterocycles. The number of hydrogen-bond donors (Lipinski definition) is 3. The molecule has 6 heteroatoms. The van der Waals surface area contributed by atoms with Gasteiger partial charge in [-0.25, -0.2) is 4.79 Å². The summed E-state index contributed by atoms with van der Waals surface area (Å²) in [6, 6.07) is 0. The fraction of sp³-hybridized carbons (Fsp3) is 0.500. The molecule has 0 amide bonds. The number of ether oxygens (including phenoxy) is 2. The average molecular weight is 234 g/mol. The number of aliphatic hydroxyl groups is 2. The second kappa shape index (κ2) is 13.6. The van der Waals surface area contributed by atoms with E-state index in [4.69, 9.17) is 20.1 Å². The van der Waals surface area contributed by atoms with Gasteiger partial charge in [-0.2, -0.15) is 0 Å². The van der Waals surface area contributed by atoms with Crippen LogP contribution in [0, 0.1) is 0 Å². The van der Waals surface area contributed by atoms with Gasteiger partial charge in [-0.05, 0) is 0 Å². The molecule has 0 rings (SSSR count). The van der Waals surface area contributed by atoms with Crippen molar-refractivity contribution < 1.29 is 29.6 Å². The van der Waals surface area contributed by atoms with Gasteiger partial charge in [-0.3, -0.25) is 0 Å². The summed E-state index contributed by atoms with van der Waals surface area (Å²) < 4.78 is 8.80. The number of carbonyl (C=O) groups is 1. The van der Waals surface area contributed by atoms with Gasteiger partial charge in [0.15, 0.2) is 0 Å². The minimum atomic E-state index is -1.46. The maximum absolute atomic E-state index is 9.60. The van der Waals surface area contributed by atoms with Gasteiger partial charge in [0, 0.05) is 0 Å². The average Bonchev–Trinajstić information content (AvgIpc) is 2.27. The molecule has 0 saturated heterocycles. The highest BCUT2D eigenvalue weighted by Crippen LogP contribution is 1.83. The molecule has 0 aromatic carbocycles. The van der Waals surface area contributed by atoms with E-state index in [1.165, 1.54) is 0 Å². The molecule has 0 aromatic rings. The minimum Gasteiger partial charge on any atom is -0.450 e. The molecule has 0 aliphatic heterocycles. The highest BCUT2D eigenvalue weighted by atomic mass is 16.7. The standard InChI is InChI=1S/C6H10O.C4H8O5/c1-3-5-7-6-4-2;5-1-3(6)2-9-4(7)8/h3-4H,1-2,5-6H2;3,5-6H,1-2H2,(H,7,8). The number of carboxylic acid groups (broad SMARTS) is 1. The summed E-state index contributed by atoms with van der Waals surface area (Å²) in [6.07, 6.45) is 0.857. The zero-order valence-corrected chi connectivity index (χ0v) is 9.04. The lowest BCUT2D eigenvalue weighted by Crippen LogP contribution is -2.21. The molecule has 1 atom stereocenters. The van der Waals surface area contributed by atoms with Crippen LogP contribution in [0.3, 0.4) is 0 Å². The molecule has 16 heavy (non-hydrogen) atoms. The summed E-state index contributed by atoms with van der Waals surface area (Å²) in [6.45, 7) is 7.30. The van der Waals surface area contributed by atoms with Crippen LogP contribution >= 0.6 is 0 Å². The topological polar surface area (TPSA) is 96.2 Å². The fourth-order valence-electron chi connectivity index (χ4n) is 0.455. The van der Waals surface area contributed by atoms with Crippen LogP contribution in [0.5, 0.6) is 0 Å². The summed E-state index contributed by atoms with van der Waals surface area (Å²) >= 11 is 0. The Hall–Kier alpha value is -1.37. The third kappa shape index (κ3) is 18.4. The van der Waals surface area contributed by atoms with Crippen molar-refractivity contribution in [2.45, 2.75) is 6.10 Å². The Morgan fingerprint density at radius 2 is 1.81 bits per heavy atom. The van der Waals surface area contributed by atoms with Crippen molar-refractivity contribution in [1.29, 1.82) is 0 Å². The van der Waals surface area contributed by atoms with E-state index in [1.54, 1.807) is 12.2 Å². The number of rotatable bonds is 7. The Kier molecular flexibility index (Phi) is 14.5. The fourth-order valence-corrected chi connectivity index (χ4v) is 0.455. The second-order valence-corrected chi connectivity index (χ2v) is 2.53. The highest BCUT2D eigenvalue weighted by molar-refractivity contribution is 5.56. The van der Waals surface area contributed by atoms with Crippen molar-refractivity contribution in [1.82, 2.24) is 0 Å². The summed E-state index contributed by atoms with van der Waals surface area (Å²) in [7, 11) is 0. The maximum Gasteiger partial charge on any atom is 0.505 e. The molecule has 0 aliphatic rings. The molecule has 0 bridgehead atoms. The van der Waals surface area contributed by atoms with E-state index in [1.807, 2.05) is 0 Å². The van der Waals surface area contributed by atoms with Crippen molar-refractivity contribution in [3.05, 3.63) is 25.3 Å². The summed E-state index contributed by atoms with van der Waals surface area (Å²) in [5, 5.41) is 24.4. The van der Waals surface area contributed by atoms with E-state index >= 15 is 0 Å². The lowest BCUT2D eigenvalue weighted by Gasteiger charge is -2.03. The molecule has 0 aliphatic carbocycles. The zero-order chi connectivity index (χ0) is 12.8. The quantitative estimate of drug-likeness (QED) is 0.335. The first-order valence-corrected chi connectivity index (χ1v) is 4.52. The van der Waals surface area contributed by atoms with E-state index in [9.17, 15) is 4.79 Å². The number of hydrogen-bond acceptors (Lipinski definition) is 5. The van der Waals surface area contributed by atoms with Crippen LogP contribution in [-0.2, 0) is 9.47 Å². The van der Waals surface area contributed by atoms with Gasteiger partial charge in [0.25, 0.3) is 0 Å². The van der Waals surface area contributed by atoms with Crippen molar-refractivity contribution in [3.8, 4) is 0 Å². The molecule has 0 fully saturated rings. The third-order valence-corrected chi connectivity index (χ3v) is 1.08. The van der Waals surface area contributed by atoms with E-state index in [0.717, 1.165) is 0 Å². The smallest absolute Gasteiger partial charge is 0.450 e. The van der Waals surface area contributed by atoms with Gasteiger partial charge >= 0.3 is 6.16 Å². The van der Waals surface area contributed by atoms with Crippen molar-refractivity contribution in [2.75, 3.05) is 26.4 Å². The molecule has 0 spiro atoms. The van der Waals surface area contributed by atoms with E-state index in [2.05, 4.69) is 17.9 Å². The molecule has 0 saturated carbocycles. The normalized spacial score (nSPS) is 10.6. The molecule has 94 valence electrons. The second-order valence-electron chi connectivity index (χ2n) is 2.53. The van der Waals surface area contributed by atoms with Crippen LogP contribution in [0.25, 0.3) is 0 Å².